The van der Waals surface area contributed by atoms with Gasteiger partial charge in [-0.15, -0.1) is 0 Å². The molecule has 2 N–H and O–H groups in total. The molecule has 0 aliphatic heterocycles. The summed E-state index contributed by atoms with van der Waals surface area (Å²) in [7, 11) is -2.10. The van der Waals surface area contributed by atoms with Crippen molar-refractivity contribution in [3.05, 3.63) is 23.2 Å². The summed E-state index contributed by atoms with van der Waals surface area (Å²) >= 11 is 5.87. The summed E-state index contributed by atoms with van der Waals surface area (Å²) in [5, 5.41) is 8.84. The molecule has 0 saturated carbocycles. The number of nitrogens with one attached hydrogen (secondary N) is 1. The minimum absolute atomic E-state index is 0.0517. The van der Waals surface area contributed by atoms with Gasteiger partial charge in [0.05, 0.1) is 17.0 Å². The standard InChI is InChI=1S/C11H16ClNO4S/c1-17-11-5-4-9(8-10(11)12)18(15,16)13-6-2-3-7-14/h4-5,8,13-14H,2-3,6-7H2,1H3. The van der Waals surface area contributed by atoms with Crippen LogP contribution in [0.15, 0.2) is 23.1 Å². The highest BCUT2D eigenvalue weighted by Crippen LogP contribution is 2.26. The Kier molecular flexibility index (Phi) is 5.87. The summed E-state index contributed by atoms with van der Waals surface area (Å²) in [5.74, 6) is 0.427. The van der Waals surface area contributed by atoms with Crippen molar-refractivity contribution < 1.29 is 18.3 Å². The number of sulfonamides is 1. The van der Waals surface area contributed by atoms with E-state index in [-0.39, 0.29) is 23.1 Å². The number of aliphatic hydroxyl groups excluding tert-OH is 1. The Balaban J connectivity index is 2.76. The molecular weight excluding hydrogens is 278 g/mol. The van der Waals surface area contributed by atoms with E-state index in [1.165, 1.54) is 25.3 Å². The molecule has 1 rings (SSSR count). The fourth-order valence-electron chi connectivity index (χ4n) is 1.34. The van der Waals surface area contributed by atoms with Gasteiger partial charge >= 0.3 is 0 Å². The molecule has 0 aliphatic carbocycles. The molecule has 0 aliphatic rings. The van der Waals surface area contributed by atoms with E-state index in [1.54, 1.807) is 0 Å². The molecule has 5 nitrogen and oxygen atoms in total. The van der Waals surface area contributed by atoms with E-state index in [2.05, 4.69) is 4.72 Å². The van der Waals surface area contributed by atoms with Crippen LogP contribution >= 0.6 is 11.6 Å². The van der Waals surface area contributed by atoms with Crippen LogP contribution in [-0.4, -0.2) is 33.8 Å². The van der Waals surface area contributed by atoms with Crippen molar-refractivity contribution >= 4 is 21.6 Å². The molecule has 0 atom stereocenters. The van der Waals surface area contributed by atoms with Crippen LogP contribution in [0.25, 0.3) is 0 Å². The van der Waals surface area contributed by atoms with Crippen LogP contribution in [0.2, 0.25) is 5.02 Å². The van der Waals surface area contributed by atoms with E-state index in [4.69, 9.17) is 21.4 Å². The van der Waals surface area contributed by atoms with Crippen molar-refractivity contribution in [2.45, 2.75) is 17.7 Å². The molecule has 0 fully saturated rings. The number of hydrogen-bond acceptors (Lipinski definition) is 4. The number of benzene rings is 1. The van der Waals surface area contributed by atoms with Crippen molar-refractivity contribution in [1.29, 1.82) is 0 Å². The monoisotopic (exact) mass is 293 g/mol. The lowest BCUT2D eigenvalue weighted by Crippen LogP contribution is -2.24. The van der Waals surface area contributed by atoms with Gasteiger partial charge in [-0.05, 0) is 31.0 Å². The summed E-state index contributed by atoms with van der Waals surface area (Å²) < 4.78 is 31.1. The lowest BCUT2D eigenvalue weighted by atomic mass is 10.3. The average Bonchev–Trinajstić information content (AvgIpc) is 2.34. The SMILES string of the molecule is COc1ccc(S(=O)(=O)NCCCCO)cc1Cl. The maximum Gasteiger partial charge on any atom is 0.240 e. The third-order valence-corrected chi connectivity index (χ3v) is 4.06. The quantitative estimate of drug-likeness (QED) is 0.745. The number of aliphatic hydroxyl groups is 1. The van der Waals surface area contributed by atoms with Crippen LogP contribution in [-0.2, 0) is 10.0 Å². The highest BCUT2D eigenvalue weighted by Gasteiger charge is 2.15. The fourth-order valence-corrected chi connectivity index (χ4v) is 2.76. The van der Waals surface area contributed by atoms with Gasteiger partial charge in [0.2, 0.25) is 10.0 Å². The van der Waals surface area contributed by atoms with E-state index < -0.39 is 10.0 Å². The Morgan fingerprint density at radius 2 is 2.11 bits per heavy atom. The number of hydrogen-bond donors (Lipinski definition) is 2. The minimum atomic E-state index is -3.56. The lowest BCUT2D eigenvalue weighted by Gasteiger charge is -2.08. The zero-order valence-corrected chi connectivity index (χ0v) is 11.6. The molecule has 0 saturated heterocycles. The van der Waals surface area contributed by atoms with Gasteiger partial charge in [0, 0.05) is 13.2 Å². The van der Waals surface area contributed by atoms with Crippen LogP contribution in [0.4, 0.5) is 0 Å². The summed E-state index contributed by atoms with van der Waals surface area (Å²) in [6, 6.07) is 4.28. The van der Waals surface area contributed by atoms with Gasteiger partial charge in [0.1, 0.15) is 5.75 Å². The number of unbranched alkanes of at least 4 members (excludes halogenated alkanes) is 1. The summed E-state index contributed by atoms with van der Waals surface area (Å²) in [5.41, 5.74) is 0. The summed E-state index contributed by atoms with van der Waals surface area (Å²) in [6.07, 6.45) is 1.14. The molecule has 0 radical (unpaired) electrons. The molecule has 102 valence electrons. The Hall–Kier alpha value is -0.820. The molecule has 0 amide bonds. The maximum absolute atomic E-state index is 11.9. The van der Waals surface area contributed by atoms with Gasteiger partial charge in [-0.1, -0.05) is 11.6 Å². The third kappa shape index (κ3) is 4.13. The summed E-state index contributed by atoms with van der Waals surface area (Å²) in [4.78, 5) is 0.0947. The molecule has 0 unspecified atom stereocenters. The summed E-state index contributed by atoms with van der Waals surface area (Å²) in [6.45, 7) is 0.336. The average molecular weight is 294 g/mol. The van der Waals surface area contributed by atoms with Gasteiger partial charge in [0.25, 0.3) is 0 Å². The highest BCUT2D eigenvalue weighted by molar-refractivity contribution is 7.89. The van der Waals surface area contributed by atoms with E-state index in [0.29, 0.717) is 18.6 Å². The molecular formula is C11H16ClNO4S. The predicted molar refractivity (Wildman–Crippen MR) is 69.5 cm³/mol. The first-order valence-corrected chi connectivity index (χ1v) is 7.31. The molecule has 0 heterocycles. The van der Waals surface area contributed by atoms with Crippen molar-refractivity contribution in [1.82, 2.24) is 4.72 Å². The predicted octanol–water partition coefficient (Wildman–Crippen LogP) is 1.40. The third-order valence-electron chi connectivity index (χ3n) is 2.31. The molecule has 7 heteroatoms. The van der Waals surface area contributed by atoms with Crippen LogP contribution in [0.1, 0.15) is 12.8 Å². The smallest absolute Gasteiger partial charge is 0.240 e. The van der Waals surface area contributed by atoms with Gasteiger partial charge in [-0.2, -0.15) is 0 Å². The maximum atomic E-state index is 11.9. The largest absolute Gasteiger partial charge is 0.495 e. The van der Waals surface area contributed by atoms with Crippen LogP contribution in [0.3, 0.4) is 0 Å². The van der Waals surface area contributed by atoms with Gasteiger partial charge in [-0.25, -0.2) is 13.1 Å². The van der Waals surface area contributed by atoms with E-state index in [9.17, 15) is 8.42 Å². The van der Waals surface area contributed by atoms with Crippen molar-refractivity contribution in [3.8, 4) is 5.75 Å². The molecule has 0 bridgehead atoms. The zero-order chi connectivity index (χ0) is 13.6. The van der Waals surface area contributed by atoms with E-state index in [1.807, 2.05) is 0 Å². The first-order chi connectivity index (χ1) is 8.51. The first kappa shape index (κ1) is 15.2. The molecule has 0 aromatic heterocycles. The lowest BCUT2D eigenvalue weighted by molar-refractivity contribution is 0.285. The topological polar surface area (TPSA) is 75.6 Å². The second-order valence-electron chi connectivity index (χ2n) is 3.62. The van der Waals surface area contributed by atoms with Crippen molar-refractivity contribution in [2.24, 2.45) is 0 Å². The number of methoxy groups -OCH3 is 1. The van der Waals surface area contributed by atoms with Crippen LogP contribution in [0.5, 0.6) is 5.75 Å². The van der Waals surface area contributed by atoms with E-state index >= 15 is 0 Å². The molecule has 1 aromatic rings. The second kappa shape index (κ2) is 6.94. The second-order valence-corrected chi connectivity index (χ2v) is 5.80. The number of halogens is 1. The number of ether oxygens (including phenoxy) is 1. The van der Waals surface area contributed by atoms with E-state index in [0.717, 1.165) is 0 Å². The zero-order valence-electron chi connectivity index (χ0n) is 10.0. The Morgan fingerprint density at radius 1 is 1.39 bits per heavy atom. The van der Waals surface area contributed by atoms with Gasteiger partial charge < -0.3 is 9.84 Å². The van der Waals surface area contributed by atoms with Crippen LogP contribution < -0.4 is 9.46 Å². The van der Waals surface area contributed by atoms with Crippen molar-refractivity contribution in [2.75, 3.05) is 20.3 Å². The van der Waals surface area contributed by atoms with Crippen molar-refractivity contribution in [3.63, 3.8) is 0 Å². The van der Waals surface area contributed by atoms with Gasteiger partial charge in [-0.3, -0.25) is 0 Å². The molecule has 0 spiro atoms. The fraction of sp³-hybridized carbons (Fsp3) is 0.455. The number of rotatable bonds is 7. The Labute approximate surface area is 112 Å². The van der Waals surface area contributed by atoms with Gasteiger partial charge in [0.15, 0.2) is 0 Å². The Morgan fingerprint density at radius 3 is 2.67 bits per heavy atom. The molecule has 1 aromatic carbocycles. The normalized spacial score (nSPS) is 11.5. The molecule has 18 heavy (non-hydrogen) atoms. The highest BCUT2D eigenvalue weighted by atomic mass is 35.5. The minimum Gasteiger partial charge on any atom is -0.495 e. The first-order valence-electron chi connectivity index (χ1n) is 5.45. The Bertz CT molecular complexity index is 490. The van der Waals surface area contributed by atoms with Crippen LogP contribution in [0, 0.1) is 0 Å².